The smallest absolute Gasteiger partial charge is 0.333 e. The molecule has 3 N–H and O–H groups in total. The zero-order valence-corrected chi connectivity index (χ0v) is 20.6. The maximum absolute atomic E-state index is 12.7. The Balaban J connectivity index is 1.39. The number of carboxylic acid groups (broad SMARTS) is 1. The van der Waals surface area contributed by atoms with Crippen LogP contribution in [0.5, 0.6) is 11.5 Å². The van der Waals surface area contributed by atoms with Crippen LogP contribution in [0.2, 0.25) is 0 Å². The van der Waals surface area contributed by atoms with E-state index in [0.717, 1.165) is 16.7 Å². The molecule has 4 rings (SSSR count). The molecule has 0 aromatic heterocycles. The van der Waals surface area contributed by atoms with Gasteiger partial charge in [-0.2, -0.15) is 0 Å². The van der Waals surface area contributed by atoms with E-state index in [4.69, 9.17) is 14.2 Å². The highest BCUT2D eigenvalue weighted by Crippen LogP contribution is 2.34. The Morgan fingerprint density at radius 1 is 1.11 bits per heavy atom. The van der Waals surface area contributed by atoms with E-state index in [2.05, 4.69) is 5.48 Å². The molecule has 194 valence electrons. The number of rotatable bonds is 12. The van der Waals surface area contributed by atoms with E-state index in [1.165, 1.54) is 0 Å². The summed E-state index contributed by atoms with van der Waals surface area (Å²) in [4.78, 5) is 25.6. The number of carbonyl (C=O) groups is 2. The topological polar surface area (TPSA) is 118 Å². The molecule has 0 aliphatic carbocycles. The van der Waals surface area contributed by atoms with E-state index in [1.54, 1.807) is 30.0 Å². The highest BCUT2D eigenvalue weighted by molar-refractivity contribution is 5.98. The summed E-state index contributed by atoms with van der Waals surface area (Å²) >= 11 is 0. The van der Waals surface area contributed by atoms with Crippen molar-refractivity contribution < 1.29 is 34.1 Å². The third-order valence-electron chi connectivity index (χ3n) is 6.07. The summed E-state index contributed by atoms with van der Waals surface area (Å²) in [7, 11) is 0. The maximum atomic E-state index is 12.7. The summed E-state index contributed by atoms with van der Waals surface area (Å²) in [6.07, 6.45) is -0.0557. The predicted octanol–water partition coefficient (Wildman–Crippen LogP) is 3.92. The van der Waals surface area contributed by atoms with E-state index in [9.17, 15) is 19.9 Å². The van der Waals surface area contributed by atoms with Crippen molar-refractivity contribution in [3.05, 3.63) is 83.4 Å². The van der Waals surface area contributed by atoms with Crippen molar-refractivity contribution in [3.63, 3.8) is 0 Å². The number of aliphatic carboxylic acids is 1. The molecule has 1 heterocycles. The Labute approximate surface area is 215 Å². The van der Waals surface area contributed by atoms with Gasteiger partial charge in [-0.15, -0.1) is 0 Å². The Kier molecular flexibility index (Phi) is 8.60. The van der Waals surface area contributed by atoms with Gasteiger partial charge in [-0.25, -0.2) is 4.79 Å². The molecule has 37 heavy (non-hydrogen) atoms. The maximum Gasteiger partial charge on any atom is 0.333 e. The minimum absolute atomic E-state index is 0.0388. The number of benzene rings is 3. The van der Waals surface area contributed by atoms with Crippen molar-refractivity contribution in [2.75, 3.05) is 36.7 Å². The van der Waals surface area contributed by atoms with Crippen molar-refractivity contribution >= 4 is 23.3 Å². The van der Waals surface area contributed by atoms with Crippen molar-refractivity contribution in [1.29, 1.82) is 0 Å². The molecule has 9 heteroatoms. The number of nitrogens with zero attached hydrogens (tertiary/aromatic N) is 1. The summed E-state index contributed by atoms with van der Waals surface area (Å²) in [6, 6.07) is 20.4. The van der Waals surface area contributed by atoms with Crippen LogP contribution in [0.3, 0.4) is 0 Å². The first-order valence-corrected chi connectivity index (χ1v) is 12.1. The van der Waals surface area contributed by atoms with Crippen molar-refractivity contribution in [2.45, 2.75) is 25.9 Å². The Morgan fingerprint density at radius 3 is 2.59 bits per heavy atom. The number of ether oxygens (including phenoxy) is 3. The zero-order chi connectivity index (χ0) is 26.2. The Hall–Kier alpha value is -4.08. The summed E-state index contributed by atoms with van der Waals surface area (Å²) < 4.78 is 16.8. The van der Waals surface area contributed by atoms with Crippen LogP contribution < -0.4 is 19.9 Å². The molecule has 1 aliphatic heterocycles. The number of hydrogen-bond acceptors (Lipinski definition) is 7. The monoisotopic (exact) mass is 506 g/mol. The third-order valence-corrected chi connectivity index (χ3v) is 6.07. The average Bonchev–Trinajstić information content (AvgIpc) is 2.91. The number of nitrogens with one attached hydrogen (secondary N) is 1. The lowest BCUT2D eigenvalue weighted by molar-refractivity contribution is -0.149. The molecule has 1 unspecified atom stereocenters. The molecule has 0 bridgehead atoms. The molecular weight excluding hydrogens is 476 g/mol. The minimum Gasteiger partial charge on any atom is -0.492 e. The standard InChI is InChI=1S/C28H30N2O7/c1-2-35-26(28(32)33)17-19-7-10-22(11-8-19)36-14-13-30-24-16-20(9-12-25(24)37-18-27(30)31)15-21-5-3-4-6-23(21)29-34/h3-12,16,26,29,34H,2,13-15,17-18H2,1H3,(H,32,33). The summed E-state index contributed by atoms with van der Waals surface area (Å²) in [5, 5.41) is 18.6. The van der Waals surface area contributed by atoms with Crippen LogP contribution in [0.4, 0.5) is 11.4 Å². The molecule has 0 fully saturated rings. The van der Waals surface area contributed by atoms with Crippen LogP contribution in [0.1, 0.15) is 23.6 Å². The lowest BCUT2D eigenvalue weighted by Crippen LogP contribution is -2.41. The van der Waals surface area contributed by atoms with Gasteiger partial charge >= 0.3 is 5.97 Å². The Morgan fingerprint density at radius 2 is 1.86 bits per heavy atom. The summed E-state index contributed by atoms with van der Waals surface area (Å²) in [6.45, 7) is 2.65. The number of hydrogen-bond donors (Lipinski definition) is 3. The normalized spacial score (nSPS) is 13.5. The molecule has 3 aromatic carbocycles. The molecule has 3 aromatic rings. The molecule has 9 nitrogen and oxygen atoms in total. The van der Waals surface area contributed by atoms with Crippen molar-refractivity contribution in [2.24, 2.45) is 0 Å². The van der Waals surface area contributed by atoms with Crippen LogP contribution in [-0.2, 0) is 27.2 Å². The van der Waals surface area contributed by atoms with E-state index in [-0.39, 0.29) is 25.5 Å². The molecule has 1 aliphatic rings. The van der Waals surface area contributed by atoms with Gasteiger partial charge in [-0.3, -0.25) is 15.5 Å². The van der Waals surface area contributed by atoms with Gasteiger partial charge in [-0.05, 0) is 60.4 Å². The lowest BCUT2D eigenvalue weighted by Gasteiger charge is -2.30. The number of amides is 1. The molecule has 0 saturated heterocycles. The van der Waals surface area contributed by atoms with Crippen molar-refractivity contribution in [1.82, 2.24) is 0 Å². The second kappa shape index (κ2) is 12.2. The zero-order valence-electron chi connectivity index (χ0n) is 20.6. The van der Waals surface area contributed by atoms with E-state index >= 15 is 0 Å². The Bertz CT molecular complexity index is 1230. The molecular formula is C28H30N2O7. The van der Waals surface area contributed by atoms with Gasteiger partial charge in [0.05, 0.1) is 17.9 Å². The fourth-order valence-electron chi connectivity index (χ4n) is 4.22. The van der Waals surface area contributed by atoms with Gasteiger partial charge in [0.25, 0.3) is 5.91 Å². The van der Waals surface area contributed by atoms with E-state index in [1.807, 2.05) is 48.5 Å². The highest BCUT2D eigenvalue weighted by Gasteiger charge is 2.26. The van der Waals surface area contributed by atoms with Gasteiger partial charge in [0.15, 0.2) is 12.7 Å². The van der Waals surface area contributed by atoms with Crippen LogP contribution in [0.15, 0.2) is 66.7 Å². The first-order chi connectivity index (χ1) is 18.0. The third kappa shape index (κ3) is 6.58. The van der Waals surface area contributed by atoms with Crippen LogP contribution in [0, 0.1) is 0 Å². The van der Waals surface area contributed by atoms with Crippen LogP contribution in [-0.4, -0.2) is 54.7 Å². The van der Waals surface area contributed by atoms with Gasteiger partial charge < -0.3 is 24.2 Å². The number of carboxylic acids is 1. The second-order valence-electron chi connectivity index (χ2n) is 8.56. The molecule has 1 atom stereocenters. The fraction of sp³-hybridized carbons (Fsp3) is 0.286. The van der Waals surface area contributed by atoms with Crippen LogP contribution >= 0.6 is 0 Å². The van der Waals surface area contributed by atoms with Gasteiger partial charge in [0, 0.05) is 13.0 Å². The van der Waals surface area contributed by atoms with E-state index in [0.29, 0.717) is 42.4 Å². The first-order valence-electron chi connectivity index (χ1n) is 12.1. The van der Waals surface area contributed by atoms with Crippen molar-refractivity contribution in [3.8, 4) is 11.5 Å². The van der Waals surface area contributed by atoms with Crippen LogP contribution in [0.25, 0.3) is 0 Å². The quantitative estimate of drug-likeness (QED) is 0.317. The summed E-state index contributed by atoms with van der Waals surface area (Å²) in [5.41, 5.74) is 6.24. The molecule has 1 amide bonds. The summed E-state index contributed by atoms with van der Waals surface area (Å²) in [5.74, 6) is 0.102. The molecule has 0 spiro atoms. The highest BCUT2D eigenvalue weighted by atomic mass is 16.5. The number of para-hydroxylation sites is 1. The second-order valence-corrected chi connectivity index (χ2v) is 8.56. The number of fused-ring (bicyclic) bond motifs is 1. The minimum atomic E-state index is -0.991. The molecule has 0 saturated carbocycles. The average molecular weight is 507 g/mol. The van der Waals surface area contributed by atoms with Gasteiger partial charge in [0.2, 0.25) is 0 Å². The SMILES string of the molecule is CCOC(Cc1ccc(OCCN2C(=O)COc3ccc(Cc4ccccc4NO)cc32)cc1)C(=O)O. The van der Waals surface area contributed by atoms with Gasteiger partial charge in [-0.1, -0.05) is 36.4 Å². The van der Waals surface area contributed by atoms with Gasteiger partial charge in [0.1, 0.15) is 18.1 Å². The van der Waals surface area contributed by atoms with E-state index < -0.39 is 12.1 Å². The fourth-order valence-corrected chi connectivity index (χ4v) is 4.22. The predicted molar refractivity (Wildman–Crippen MR) is 138 cm³/mol. The first kappa shape index (κ1) is 26.0. The lowest BCUT2D eigenvalue weighted by atomic mass is 10.0. The number of carbonyl (C=O) groups excluding carboxylic acids is 1. The largest absolute Gasteiger partial charge is 0.492 e. The molecule has 0 radical (unpaired) electrons. The number of anilines is 2.